The molecule has 0 atom stereocenters. The SMILES string of the molecule is COC(=O)C(C(=O)OC)=C(C[n+]1cccc2ccccc21)c1ccccc1.Fc1c(F)c(F)c([B-](c2c(F)c(F)c(F)c(F)c2F)(c2c(F)c(F)c(F)c(F)c2F)c2c(F)c(F)c(F)c(F)c2F)c(F)c1F. The Hall–Kier alpha value is -7.93. The van der Waals surface area contributed by atoms with Crippen molar-refractivity contribution < 1.29 is 111 Å². The number of hydrogen-bond acceptors (Lipinski definition) is 4. The molecule has 1 aromatic heterocycles. The van der Waals surface area contributed by atoms with Gasteiger partial charge in [0.15, 0.2) is 88.1 Å². The molecule has 0 N–H and O–H groups in total. The molecule has 7 rings (SSSR count). The van der Waals surface area contributed by atoms with Crippen LogP contribution in [0.2, 0.25) is 0 Å². The summed E-state index contributed by atoms with van der Waals surface area (Å²) in [5.41, 5.74) is -12.2. The summed E-state index contributed by atoms with van der Waals surface area (Å²) >= 11 is 0. The third-order valence-electron chi connectivity index (χ3n) is 11.0. The lowest BCUT2D eigenvalue weighted by Gasteiger charge is -2.44. The van der Waals surface area contributed by atoms with Crippen molar-refractivity contribution in [1.82, 2.24) is 0 Å². The summed E-state index contributed by atoms with van der Waals surface area (Å²) < 4.78 is 306. The Morgan fingerprint density at radius 3 is 0.986 bits per heavy atom. The second kappa shape index (κ2) is 20.4. The number of hydrogen-bond donors (Lipinski definition) is 0. The molecule has 5 nitrogen and oxygen atoms in total. The van der Waals surface area contributed by atoms with E-state index in [1.165, 1.54) is 14.2 Å². The minimum Gasteiger partial charge on any atom is -0.465 e. The number of benzene rings is 6. The molecule has 6 aromatic carbocycles. The predicted octanol–water partition coefficient (Wildman–Crippen LogP) is 8.77. The summed E-state index contributed by atoms with van der Waals surface area (Å²) in [5, 5.41) is 1.06. The number of pyridine rings is 1. The van der Waals surface area contributed by atoms with E-state index >= 15 is 35.1 Å². The highest BCUT2D eigenvalue weighted by atomic mass is 19.2. The summed E-state index contributed by atoms with van der Waals surface area (Å²) in [6.45, 7) is 0.310. The Balaban J connectivity index is 0.000000266. The number of halogens is 20. The summed E-state index contributed by atoms with van der Waals surface area (Å²) in [4.78, 5) is 24.8. The summed E-state index contributed by atoms with van der Waals surface area (Å²) in [7, 11) is 2.50. The molecule has 0 saturated carbocycles. The molecule has 0 saturated heterocycles. The van der Waals surface area contributed by atoms with Crippen LogP contribution in [0, 0.1) is 116 Å². The highest BCUT2D eigenvalue weighted by Crippen LogP contribution is 2.31. The molecule has 0 aliphatic rings. The first-order chi connectivity index (χ1) is 33.9. The Kier molecular flexibility index (Phi) is 15.2. The molecule has 0 fully saturated rings. The molecule has 0 amide bonds. The number of methoxy groups -OCH3 is 2. The quantitative estimate of drug-likeness (QED) is 0.0167. The van der Waals surface area contributed by atoms with Crippen LogP contribution in [0.1, 0.15) is 5.56 Å². The second-order valence-electron chi connectivity index (χ2n) is 14.7. The van der Waals surface area contributed by atoms with Gasteiger partial charge in [0.25, 0.3) is 0 Å². The summed E-state index contributed by atoms with van der Waals surface area (Å²) in [6, 6.07) is 21.2. The number of aromatic nitrogens is 1. The lowest BCUT2D eigenvalue weighted by molar-refractivity contribution is -0.658. The fraction of sp³-hybridized carbons (Fsp3) is 0.0652. The van der Waals surface area contributed by atoms with E-state index < -0.39 is 156 Å². The highest BCUT2D eigenvalue weighted by Gasteiger charge is 2.52. The number of nitrogens with zero attached hydrogens (tertiary/aromatic N) is 1. The van der Waals surface area contributed by atoms with Crippen molar-refractivity contribution in [3.05, 3.63) is 200 Å². The summed E-state index contributed by atoms with van der Waals surface area (Å²) in [6.07, 6.45) is -5.30. The van der Waals surface area contributed by atoms with E-state index in [4.69, 9.17) is 9.47 Å². The van der Waals surface area contributed by atoms with Gasteiger partial charge in [-0.05, 0) is 17.7 Å². The lowest BCUT2D eigenvalue weighted by Crippen LogP contribution is -2.81. The standard InChI is InChI=1S/C24BF20.C22H20NO4/c26-5-1(6(27)14(35)21(42)13(5)34)25(2-7(28)15(36)22(43)16(37)8(2)29,3-9(30)17(38)23(44)18(39)10(3)31)4-11(32)19(40)24(45)20(41)12(4)33;1-26-21(24)20(22(25)27-2)18(16-9-4-3-5-10-16)15-23-14-8-12-17-11-6-7-13-19(17)23/h;3-14H,15H2,1-2H3/q-1;+1. The van der Waals surface area contributed by atoms with Gasteiger partial charge in [0, 0.05) is 23.1 Å². The van der Waals surface area contributed by atoms with Crippen molar-refractivity contribution >= 4 is 56.4 Å². The second-order valence-corrected chi connectivity index (χ2v) is 14.7. The topological polar surface area (TPSA) is 56.5 Å². The summed E-state index contributed by atoms with van der Waals surface area (Å²) in [5.74, 6) is -72.8. The van der Waals surface area contributed by atoms with Crippen molar-refractivity contribution in [2.75, 3.05) is 14.2 Å². The van der Waals surface area contributed by atoms with E-state index in [0.29, 0.717) is 12.1 Å². The first-order valence-corrected chi connectivity index (χ1v) is 19.4. The maximum absolute atomic E-state index is 15.4. The first kappa shape index (κ1) is 53.4. The van der Waals surface area contributed by atoms with Gasteiger partial charge >= 0.3 is 11.9 Å². The lowest BCUT2D eigenvalue weighted by atomic mass is 9.12. The molecule has 0 aliphatic carbocycles. The molecule has 0 unspecified atom stereocenters. The van der Waals surface area contributed by atoms with Crippen LogP contribution >= 0.6 is 0 Å². The van der Waals surface area contributed by atoms with E-state index in [0.717, 1.165) is 16.5 Å². The van der Waals surface area contributed by atoms with E-state index in [9.17, 15) is 62.3 Å². The predicted molar refractivity (Wildman–Crippen MR) is 211 cm³/mol. The van der Waals surface area contributed by atoms with Gasteiger partial charge in [0.2, 0.25) is 5.52 Å². The maximum atomic E-state index is 15.4. The minimum absolute atomic E-state index is 0.105. The van der Waals surface area contributed by atoms with Gasteiger partial charge in [-0.2, -0.15) is 4.57 Å². The zero-order valence-electron chi connectivity index (χ0n) is 35.4. The monoisotopic (exact) mass is 1040 g/mol. The molecule has 0 aliphatic heterocycles. The number of allylic oxidation sites excluding steroid dienone is 1. The van der Waals surface area contributed by atoms with Crippen molar-refractivity contribution in [1.29, 1.82) is 0 Å². The van der Waals surface area contributed by atoms with Crippen LogP contribution in [-0.2, 0) is 25.6 Å². The minimum atomic E-state index is -7.22. The van der Waals surface area contributed by atoms with Crippen molar-refractivity contribution in [2.24, 2.45) is 0 Å². The largest absolute Gasteiger partial charge is 0.465 e. The molecule has 376 valence electrons. The average Bonchev–Trinajstić information content (AvgIpc) is 3.38. The van der Waals surface area contributed by atoms with E-state index in [2.05, 4.69) is 0 Å². The van der Waals surface area contributed by atoms with Crippen LogP contribution < -0.4 is 26.4 Å². The number of esters is 2. The Labute approximate surface area is 388 Å². The van der Waals surface area contributed by atoms with Gasteiger partial charge in [0.05, 0.1) is 14.2 Å². The molecule has 0 bridgehead atoms. The number of carbonyl (C=O) groups is 2. The molecular formula is C46H20BF20NO4. The van der Waals surface area contributed by atoms with E-state index in [1.807, 2.05) is 77.5 Å². The third kappa shape index (κ3) is 8.50. The number of para-hydroxylation sites is 1. The van der Waals surface area contributed by atoms with Crippen LogP contribution in [0.15, 0.2) is 78.5 Å². The van der Waals surface area contributed by atoms with Crippen LogP contribution in [-0.4, -0.2) is 32.3 Å². The van der Waals surface area contributed by atoms with Crippen LogP contribution in [0.3, 0.4) is 0 Å². The zero-order valence-corrected chi connectivity index (χ0v) is 35.4. The van der Waals surface area contributed by atoms with E-state index in [1.54, 1.807) is 0 Å². The maximum Gasteiger partial charge on any atom is 0.345 e. The van der Waals surface area contributed by atoms with Gasteiger partial charge in [-0.3, -0.25) is 0 Å². The fourth-order valence-electron chi connectivity index (χ4n) is 7.89. The van der Waals surface area contributed by atoms with Gasteiger partial charge in [-0.1, -0.05) is 42.5 Å². The molecule has 1 heterocycles. The molecule has 0 radical (unpaired) electrons. The fourth-order valence-corrected chi connectivity index (χ4v) is 7.89. The highest BCUT2D eigenvalue weighted by molar-refractivity contribution is 7.20. The van der Waals surface area contributed by atoms with Crippen LogP contribution in [0.4, 0.5) is 87.8 Å². The van der Waals surface area contributed by atoms with Crippen molar-refractivity contribution in [2.45, 2.75) is 6.54 Å². The Bertz CT molecular complexity index is 3000. The normalized spacial score (nSPS) is 11.4. The van der Waals surface area contributed by atoms with Crippen LogP contribution in [0.5, 0.6) is 0 Å². The number of carbonyl (C=O) groups excluding carboxylic acids is 2. The molecule has 7 aromatic rings. The molecule has 0 spiro atoms. The van der Waals surface area contributed by atoms with Gasteiger partial charge in [-0.15, -0.1) is 21.9 Å². The van der Waals surface area contributed by atoms with Gasteiger partial charge in [0.1, 0.15) is 52.7 Å². The molecule has 72 heavy (non-hydrogen) atoms. The van der Waals surface area contributed by atoms with Crippen LogP contribution in [0.25, 0.3) is 16.5 Å². The molecule has 26 heteroatoms. The van der Waals surface area contributed by atoms with E-state index in [-0.39, 0.29) is 5.57 Å². The Morgan fingerprint density at radius 1 is 0.389 bits per heavy atom. The molecular weight excluding hydrogens is 1020 g/mol. The smallest absolute Gasteiger partial charge is 0.345 e. The first-order valence-electron chi connectivity index (χ1n) is 19.4. The number of fused-ring (bicyclic) bond motifs is 1. The third-order valence-corrected chi connectivity index (χ3v) is 11.0. The number of ether oxygens (including phenoxy) is 2. The Morgan fingerprint density at radius 2 is 0.667 bits per heavy atom. The van der Waals surface area contributed by atoms with Gasteiger partial charge < -0.3 is 9.47 Å². The van der Waals surface area contributed by atoms with Crippen molar-refractivity contribution in [3.63, 3.8) is 0 Å². The van der Waals surface area contributed by atoms with Crippen molar-refractivity contribution in [3.8, 4) is 0 Å². The average molecular weight is 1040 g/mol. The zero-order chi connectivity index (χ0) is 53.6. The van der Waals surface area contributed by atoms with Gasteiger partial charge in [-0.25, -0.2) is 97.4 Å². The number of rotatable bonds is 9.